The van der Waals surface area contributed by atoms with E-state index < -0.39 is 13.7 Å². The van der Waals surface area contributed by atoms with Gasteiger partial charge < -0.3 is 19.1 Å². The number of hydrogen-bond acceptors (Lipinski definition) is 6. The highest BCUT2D eigenvalue weighted by Gasteiger charge is 2.57. The van der Waals surface area contributed by atoms with E-state index in [0.29, 0.717) is 22.7 Å². The first-order valence-corrected chi connectivity index (χ1v) is 18.2. The number of benzene rings is 1. The highest BCUT2D eigenvalue weighted by Crippen LogP contribution is 2.53. The van der Waals surface area contributed by atoms with E-state index in [1.54, 1.807) is 6.07 Å². The number of halogens is 2. The molecule has 1 aromatic carbocycles. The molecule has 2 atom stereocenters. The molecule has 0 N–H and O–H groups in total. The first-order chi connectivity index (χ1) is 17.2. The Morgan fingerprint density at radius 2 is 1.86 bits per heavy atom. The Morgan fingerprint density at radius 1 is 1.19 bits per heavy atom. The van der Waals surface area contributed by atoms with E-state index in [1.165, 1.54) is 0 Å². The first kappa shape index (κ1) is 29.3. The van der Waals surface area contributed by atoms with Crippen LogP contribution in [0, 0.1) is 5.41 Å². The van der Waals surface area contributed by atoms with E-state index in [-0.39, 0.29) is 29.6 Å². The second-order valence-corrected chi connectivity index (χ2v) is 20.3. The van der Waals surface area contributed by atoms with Crippen LogP contribution in [0.1, 0.15) is 51.5 Å². The van der Waals surface area contributed by atoms with Crippen molar-refractivity contribution >= 4 is 50.0 Å². The molecule has 2 aliphatic heterocycles. The van der Waals surface area contributed by atoms with Crippen LogP contribution in [0.25, 0.3) is 0 Å². The second-order valence-electron chi connectivity index (χ2n) is 13.3. The summed E-state index contributed by atoms with van der Waals surface area (Å²) in [7, 11) is -1.15. The lowest BCUT2D eigenvalue weighted by Gasteiger charge is -2.60. The van der Waals surface area contributed by atoms with Crippen LogP contribution in [0.15, 0.2) is 12.1 Å². The molecular formula is C27H42Cl2N2O4SSi. The predicted octanol–water partition coefficient (Wildman–Crippen LogP) is 7.13. The third kappa shape index (κ3) is 7.12. The molecule has 1 aromatic rings. The average Bonchev–Trinajstić information content (AvgIpc) is 3.07. The molecule has 1 spiro atoms. The SMILES string of the molecule is CC(C)(C)OC(=O)N1CC2(CC(N3CC(c4c(OCOCC[Si](C)(C)C)ccc(Cl)c4Cl)CC3S)C2)C1. The summed E-state index contributed by atoms with van der Waals surface area (Å²) < 4.78 is 17.4. The maximum atomic E-state index is 12.3. The monoisotopic (exact) mass is 588 g/mol. The molecule has 3 aliphatic rings. The largest absolute Gasteiger partial charge is 0.467 e. The van der Waals surface area contributed by atoms with Crippen LogP contribution < -0.4 is 4.74 Å². The molecule has 37 heavy (non-hydrogen) atoms. The molecule has 6 nitrogen and oxygen atoms in total. The molecule has 10 heteroatoms. The van der Waals surface area contributed by atoms with Gasteiger partial charge in [0, 0.05) is 57.3 Å². The third-order valence-electron chi connectivity index (χ3n) is 7.61. The minimum absolute atomic E-state index is 0.144. The number of carbonyl (C=O) groups excluding carboxylic acids is 1. The highest BCUT2D eigenvalue weighted by atomic mass is 35.5. The zero-order valence-electron chi connectivity index (χ0n) is 23.0. The number of carbonyl (C=O) groups is 1. The van der Waals surface area contributed by atoms with Gasteiger partial charge in [0.05, 0.1) is 15.4 Å². The summed E-state index contributed by atoms with van der Waals surface area (Å²) in [5.74, 6) is 0.925. The summed E-state index contributed by atoms with van der Waals surface area (Å²) in [5, 5.41) is 1.24. The molecule has 208 valence electrons. The van der Waals surface area contributed by atoms with Crippen molar-refractivity contribution in [2.45, 2.75) is 88.7 Å². The van der Waals surface area contributed by atoms with Crippen molar-refractivity contribution in [1.29, 1.82) is 0 Å². The quantitative estimate of drug-likeness (QED) is 0.151. The van der Waals surface area contributed by atoms with Gasteiger partial charge in [-0.15, -0.1) is 0 Å². The van der Waals surface area contributed by atoms with E-state index >= 15 is 0 Å². The molecule has 4 rings (SSSR count). The molecule has 1 saturated carbocycles. The standard InChI is InChI=1S/C27H42Cl2N2O4SSi/c1-26(2,3)35-25(32)30-15-27(16-30)12-19(13-27)31-14-18(11-22(31)36)23-21(8-7-20(28)24(23)29)34-17-33-9-10-37(4,5)6/h7-8,18-19,22,36H,9-17H2,1-6H3. The zero-order chi connectivity index (χ0) is 27.2. The van der Waals surface area contributed by atoms with Crippen LogP contribution in [-0.2, 0) is 9.47 Å². The van der Waals surface area contributed by atoms with Gasteiger partial charge in [-0.1, -0.05) is 42.8 Å². The summed E-state index contributed by atoms with van der Waals surface area (Å²) in [6, 6.07) is 5.25. The number of rotatable bonds is 8. The Balaban J connectivity index is 1.32. The van der Waals surface area contributed by atoms with Gasteiger partial charge in [-0.2, -0.15) is 12.6 Å². The summed E-state index contributed by atoms with van der Waals surface area (Å²) in [4.78, 5) is 16.7. The lowest BCUT2D eigenvalue weighted by molar-refractivity contribution is -0.106. The van der Waals surface area contributed by atoms with Gasteiger partial charge in [0.2, 0.25) is 0 Å². The lowest BCUT2D eigenvalue weighted by atomic mass is 9.60. The maximum absolute atomic E-state index is 12.3. The zero-order valence-corrected chi connectivity index (χ0v) is 26.4. The van der Waals surface area contributed by atoms with Crippen LogP contribution in [0.2, 0.25) is 35.7 Å². The van der Waals surface area contributed by atoms with Crippen molar-refractivity contribution in [2.24, 2.45) is 5.41 Å². The lowest BCUT2D eigenvalue weighted by Crippen LogP contribution is -2.68. The fourth-order valence-electron chi connectivity index (χ4n) is 5.69. The molecular weight excluding hydrogens is 547 g/mol. The van der Waals surface area contributed by atoms with Gasteiger partial charge in [0.25, 0.3) is 0 Å². The van der Waals surface area contributed by atoms with Crippen molar-refractivity contribution in [3.05, 3.63) is 27.7 Å². The fraction of sp³-hybridized carbons (Fsp3) is 0.741. The van der Waals surface area contributed by atoms with Gasteiger partial charge in [-0.3, -0.25) is 4.90 Å². The molecule has 0 bridgehead atoms. The molecule has 0 aromatic heterocycles. The molecule has 2 unspecified atom stereocenters. The molecule has 1 amide bonds. The Labute approximate surface area is 238 Å². The van der Waals surface area contributed by atoms with Gasteiger partial charge in [0.15, 0.2) is 6.79 Å². The molecule has 2 saturated heterocycles. The van der Waals surface area contributed by atoms with Crippen LogP contribution in [0.3, 0.4) is 0 Å². The van der Waals surface area contributed by atoms with Gasteiger partial charge >= 0.3 is 6.09 Å². The predicted molar refractivity (Wildman–Crippen MR) is 156 cm³/mol. The molecule has 3 fully saturated rings. The normalized spacial score (nSPS) is 24.2. The van der Waals surface area contributed by atoms with Crippen molar-refractivity contribution in [2.75, 3.05) is 33.0 Å². The molecule has 2 heterocycles. The van der Waals surface area contributed by atoms with Gasteiger partial charge in [-0.25, -0.2) is 4.79 Å². The van der Waals surface area contributed by atoms with E-state index in [2.05, 4.69) is 24.5 Å². The van der Waals surface area contributed by atoms with Crippen LogP contribution in [0.5, 0.6) is 5.75 Å². The van der Waals surface area contributed by atoms with Crippen LogP contribution in [0.4, 0.5) is 4.79 Å². The van der Waals surface area contributed by atoms with E-state index in [9.17, 15) is 4.79 Å². The number of amides is 1. The van der Waals surface area contributed by atoms with E-state index in [4.69, 9.17) is 50.0 Å². The summed E-state index contributed by atoms with van der Waals surface area (Å²) in [5.41, 5.74) is 0.719. The number of ether oxygens (including phenoxy) is 3. The Kier molecular flexibility index (Phi) is 8.79. The summed E-state index contributed by atoms with van der Waals surface area (Å²) in [6.45, 7) is 16.0. The van der Waals surface area contributed by atoms with Crippen molar-refractivity contribution < 1.29 is 19.0 Å². The number of nitrogens with zero attached hydrogens (tertiary/aromatic N) is 2. The van der Waals surface area contributed by atoms with E-state index in [1.807, 2.05) is 31.7 Å². The van der Waals surface area contributed by atoms with Gasteiger partial charge in [0.1, 0.15) is 11.4 Å². The van der Waals surface area contributed by atoms with Crippen molar-refractivity contribution in [1.82, 2.24) is 9.80 Å². The second kappa shape index (κ2) is 11.1. The maximum Gasteiger partial charge on any atom is 0.410 e. The molecule has 0 radical (unpaired) electrons. The summed E-state index contributed by atoms with van der Waals surface area (Å²) in [6.07, 6.45) is 2.83. The third-order valence-corrected chi connectivity index (χ3v) is 10.6. The topological polar surface area (TPSA) is 51.2 Å². The molecule has 1 aliphatic carbocycles. The highest BCUT2D eigenvalue weighted by molar-refractivity contribution is 7.80. The Morgan fingerprint density at radius 3 is 2.49 bits per heavy atom. The van der Waals surface area contributed by atoms with Gasteiger partial charge in [-0.05, 0) is 58.2 Å². The minimum Gasteiger partial charge on any atom is -0.467 e. The Bertz CT molecular complexity index is 986. The number of likely N-dealkylation sites (tertiary alicyclic amines) is 2. The van der Waals surface area contributed by atoms with Crippen molar-refractivity contribution in [3.63, 3.8) is 0 Å². The number of thiol groups is 1. The minimum atomic E-state index is -1.15. The van der Waals surface area contributed by atoms with Crippen molar-refractivity contribution in [3.8, 4) is 5.75 Å². The Hall–Kier alpha value is -0.643. The smallest absolute Gasteiger partial charge is 0.410 e. The van der Waals surface area contributed by atoms with Crippen LogP contribution in [-0.4, -0.2) is 74.0 Å². The van der Waals surface area contributed by atoms with Crippen LogP contribution >= 0.6 is 35.8 Å². The fourth-order valence-corrected chi connectivity index (χ4v) is 7.46. The first-order valence-electron chi connectivity index (χ1n) is 13.3. The number of hydrogen-bond donors (Lipinski definition) is 1. The van der Waals surface area contributed by atoms with E-state index in [0.717, 1.165) is 56.3 Å². The summed E-state index contributed by atoms with van der Waals surface area (Å²) >= 11 is 18.1. The average molecular weight is 590 g/mol.